The molecule has 0 aliphatic carbocycles. The highest BCUT2D eigenvalue weighted by Crippen LogP contribution is 2.11. The highest BCUT2D eigenvalue weighted by Gasteiger charge is 2.23. The molecule has 0 spiro atoms. The maximum atomic E-state index is 11.8. The molecule has 1 aliphatic heterocycles. The fourth-order valence-corrected chi connectivity index (χ4v) is 1.95. The summed E-state index contributed by atoms with van der Waals surface area (Å²) in [5, 5.41) is 0. The summed E-state index contributed by atoms with van der Waals surface area (Å²) >= 11 is 0. The molecular formula is C12H18N4O. The monoisotopic (exact) mass is 234 g/mol. The lowest BCUT2D eigenvalue weighted by atomic mass is 10.1. The van der Waals surface area contributed by atoms with Gasteiger partial charge in [0.2, 0.25) is 11.9 Å². The molecule has 1 saturated heterocycles. The molecule has 1 fully saturated rings. The van der Waals surface area contributed by atoms with E-state index in [4.69, 9.17) is 0 Å². The van der Waals surface area contributed by atoms with Crippen molar-refractivity contribution in [2.45, 2.75) is 13.8 Å². The second kappa shape index (κ2) is 5.12. The Morgan fingerprint density at radius 2 is 1.76 bits per heavy atom. The number of amides is 1. The molecule has 2 heterocycles. The summed E-state index contributed by atoms with van der Waals surface area (Å²) in [5.74, 6) is 1.07. The van der Waals surface area contributed by atoms with Crippen molar-refractivity contribution in [1.82, 2.24) is 14.9 Å². The number of hydrogen-bond acceptors (Lipinski definition) is 4. The van der Waals surface area contributed by atoms with Crippen LogP contribution in [0.3, 0.4) is 0 Å². The third-order valence-electron chi connectivity index (χ3n) is 2.92. The molecule has 0 atom stereocenters. The van der Waals surface area contributed by atoms with Gasteiger partial charge in [0.25, 0.3) is 0 Å². The van der Waals surface area contributed by atoms with Crippen LogP contribution in [0.5, 0.6) is 0 Å². The van der Waals surface area contributed by atoms with Gasteiger partial charge in [-0.15, -0.1) is 0 Å². The van der Waals surface area contributed by atoms with Gasteiger partial charge in [0.15, 0.2) is 0 Å². The summed E-state index contributed by atoms with van der Waals surface area (Å²) in [6.07, 6.45) is 3.49. The molecule has 5 nitrogen and oxygen atoms in total. The standard InChI is InChI=1S/C12H18N4O/c1-10(2)11(17)15-6-8-16(9-7-15)12-13-4-3-5-14-12/h3-5,10H,6-9H2,1-2H3. The average molecular weight is 234 g/mol. The zero-order valence-electron chi connectivity index (χ0n) is 10.3. The molecule has 0 N–H and O–H groups in total. The minimum absolute atomic E-state index is 0.0783. The lowest BCUT2D eigenvalue weighted by molar-refractivity contribution is -0.134. The third kappa shape index (κ3) is 2.72. The van der Waals surface area contributed by atoms with Crippen LogP contribution in [0.4, 0.5) is 5.95 Å². The van der Waals surface area contributed by atoms with Crippen LogP contribution in [-0.2, 0) is 4.79 Å². The molecule has 0 aromatic carbocycles. The van der Waals surface area contributed by atoms with Gasteiger partial charge in [0.05, 0.1) is 0 Å². The van der Waals surface area contributed by atoms with Crippen molar-refractivity contribution >= 4 is 11.9 Å². The molecule has 1 aromatic heterocycles. The zero-order chi connectivity index (χ0) is 12.3. The highest BCUT2D eigenvalue weighted by atomic mass is 16.2. The SMILES string of the molecule is CC(C)C(=O)N1CCN(c2ncccn2)CC1. The first-order valence-corrected chi connectivity index (χ1v) is 5.99. The van der Waals surface area contributed by atoms with Crippen molar-refractivity contribution in [2.24, 2.45) is 5.92 Å². The van der Waals surface area contributed by atoms with Gasteiger partial charge in [-0.25, -0.2) is 9.97 Å². The Kier molecular flexibility index (Phi) is 3.56. The molecule has 0 radical (unpaired) electrons. The molecular weight excluding hydrogens is 216 g/mol. The second-order valence-corrected chi connectivity index (χ2v) is 4.52. The van der Waals surface area contributed by atoms with E-state index in [-0.39, 0.29) is 11.8 Å². The smallest absolute Gasteiger partial charge is 0.225 e. The van der Waals surface area contributed by atoms with Gasteiger partial charge < -0.3 is 9.80 Å². The summed E-state index contributed by atoms with van der Waals surface area (Å²) in [6, 6.07) is 1.81. The van der Waals surface area contributed by atoms with E-state index in [1.807, 2.05) is 24.8 Å². The molecule has 5 heteroatoms. The summed E-state index contributed by atoms with van der Waals surface area (Å²) in [6.45, 7) is 7.01. The van der Waals surface area contributed by atoms with Crippen LogP contribution in [0.15, 0.2) is 18.5 Å². The molecule has 0 saturated carbocycles. The van der Waals surface area contributed by atoms with E-state index in [0.29, 0.717) is 0 Å². The highest BCUT2D eigenvalue weighted by molar-refractivity contribution is 5.78. The average Bonchev–Trinajstić information content (AvgIpc) is 2.39. The second-order valence-electron chi connectivity index (χ2n) is 4.52. The molecule has 1 aliphatic rings. The van der Waals surface area contributed by atoms with E-state index in [1.54, 1.807) is 12.4 Å². The minimum Gasteiger partial charge on any atom is -0.339 e. The van der Waals surface area contributed by atoms with Crippen molar-refractivity contribution in [3.63, 3.8) is 0 Å². The predicted molar refractivity (Wildman–Crippen MR) is 65.7 cm³/mol. The fourth-order valence-electron chi connectivity index (χ4n) is 1.95. The van der Waals surface area contributed by atoms with Crippen LogP contribution in [0.1, 0.15) is 13.8 Å². The van der Waals surface area contributed by atoms with Crippen molar-refractivity contribution in [1.29, 1.82) is 0 Å². The Morgan fingerprint density at radius 3 is 2.29 bits per heavy atom. The normalized spacial score (nSPS) is 16.4. The first-order chi connectivity index (χ1) is 8.18. The summed E-state index contributed by atoms with van der Waals surface area (Å²) < 4.78 is 0. The Hall–Kier alpha value is -1.65. The number of carbonyl (C=O) groups is 1. The number of piperazine rings is 1. The largest absolute Gasteiger partial charge is 0.339 e. The van der Waals surface area contributed by atoms with E-state index in [2.05, 4.69) is 14.9 Å². The van der Waals surface area contributed by atoms with Crippen molar-refractivity contribution in [2.75, 3.05) is 31.1 Å². The van der Waals surface area contributed by atoms with E-state index in [0.717, 1.165) is 32.1 Å². The van der Waals surface area contributed by atoms with Crippen LogP contribution in [-0.4, -0.2) is 47.0 Å². The topological polar surface area (TPSA) is 49.3 Å². The number of hydrogen-bond donors (Lipinski definition) is 0. The first kappa shape index (κ1) is 11.8. The Morgan fingerprint density at radius 1 is 1.18 bits per heavy atom. The Balaban J connectivity index is 1.93. The molecule has 1 amide bonds. The number of aromatic nitrogens is 2. The van der Waals surface area contributed by atoms with E-state index < -0.39 is 0 Å². The Bertz CT molecular complexity index is 371. The zero-order valence-corrected chi connectivity index (χ0v) is 10.3. The summed E-state index contributed by atoms with van der Waals surface area (Å²) in [7, 11) is 0. The van der Waals surface area contributed by atoms with Gasteiger partial charge in [0.1, 0.15) is 0 Å². The van der Waals surface area contributed by atoms with Gasteiger partial charge >= 0.3 is 0 Å². The van der Waals surface area contributed by atoms with Crippen LogP contribution in [0.25, 0.3) is 0 Å². The maximum Gasteiger partial charge on any atom is 0.225 e. The van der Waals surface area contributed by atoms with E-state index >= 15 is 0 Å². The third-order valence-corrected chi connectivity index (χ3v) is 2.92. The molecule has 92 valence electrons. The lowest BCUT2D eigenvalue weighted by Crippen LogP contribution is -2.50. The predicted octanol–water partition coefficient (Wildman–Crippen LogP) is 0.781. The lowest BCUT2D eigenvalue weighted by Gasteiger charge is -2.35. The molecule has 1 aromatic rings. The fraction of sp³-hybridized carbons (Fsp3) is 0.583. The first-order valence-electron chi connectivity index (χ1n) is 5.99. The quantitative estimate of drug-likeness (QED) is 0.759. The van der Waals surface area contributed by atoms with E-state index in [1.165, 1.54) is 0 Å². The van der Waals surface area contributed by atoms with Crippen LogP contribution >= 0.6 is 0 Å². The molecule has 0 unspecified atom stereocenters. The van der Waals surface area contributed by atoms with Crippen LogP contribution in [0.2, 0.25) is 0 Å². The van der Waals surface area contributed by atoms with Crippen LogP contribution in [0, 0.1) is 5.92 Å². The van der Waals surface area contributed by atoms with Gasteiger partial charge in [-0.2, -0.15) is 0 Å². The number of rotatable bonds is 2. The maximum absolute atomic E-state index is 11.8. The number of nitrogens with zero attached hydrogens (tertiary/aromatic N) is 4. The van der Waals surface area contributed by atoms with Gasteiger partial charge in [-0.3, -0.25) is 4.79 Å². The summed E-state index contributed by atoms with van der Waals surface area (Å²) in [5.41, 5.74) is 0. The van der Waals surface area contributed by atoms with Gasteiger partial charge in [-0.1, -0.05) is 13.8 Å². The van der Waals surface area contributed by atoms with Gasteiger partial charge in [0, 0.05) is 44.5 Å². The van der Waals surface area contributed by atoms with Crippen molar-refractivity contribution < 1.29 is 4.79 Å². The van der Waals surface area contributed by atoms with Crippen molar-refractivity contribution in [3.8, 4) is 0 Å². The number of anilines is 1. The van der Waals surface area contributed by atoms with Crippen LogP contribution < -0.4 is 4.90 Å². The van der Waals surface area contributed by atoms with E-state index in [9.17, 15) is 4.79 Å². The molecule has 17 heavy (non-hydrogen) atoms. The molecule has 0 bridgehead atoms. The Labute approximate surface area is 101 Å². The summed E-state index contributed by atoms with van der Waals surface area (Å²) in [4.78, 5) is 24.3. The number of carbonyl (C=O) groups excluding carboxylic acids is 1. The van der Waals surface area contributed by atoms with Crippen molar-refractivity contribution in [3.05, 3.63) is 18.5 Å². The molecule has 2 rings (SSSR count). The minimum atomic E-state index is 0.0783. The van der Waals surface area contributed by atoms with Gasteiger partial charge in [-0.05, 0) is 6.07 Å².